The molecule has 5 heteroatoms. The van der Waals surface area contributed by atoms with Crippen molar-refractivity contribution in [2.75, 3.05) is 13.7 Å². The van der Waals surface area contributed by atoms with Gasteiger partial charge in [-0.15, -0.1) is 0 Å². The van der Waals surface area contributed by atoms with E-state index in [-0.39, 0.29) is 0 Å². The Kier molecular flexibility index (Phi) is 3.75. The van der Waals surface area contributed by atoms with E-state index in [1.54, 1.807) is 7.11 Å². The zero-order valence-electron chi connectivity index (χ0n) is 12.7. The van der Waals surface area contributed by atoms with Gasteiger partial charge < -0.3 is 4.74 Å². The van der Waals surface area contributed by atoms with Crippen LogP contribution in [0.2, 0.25) is 0 Å². The van der Waals surface area contributed by atoms with Crippen molar-refractivity contribution in [2.24, 2.45) is 0 Å². The van der Waals surface area contributed by atoms with E-state index >= 15 is 0 Å². The normalized spacial score (nSPS) is 11.4. The van der Waals surface area contributed by atoms with Crippen molar-refractivity contribution < 1.29 is 4.74 Å². The molecule has 0 atom stereocenters. The first-order chi connectivity index (χ1) is 10.2. The van der Waals surface area contributed by atoms with Gasteiger partial charge in [-0.25, -0.2) is 4.52 Å². The van der Waals surface area contributed by atoms with Gasteiger partial charge in [0.1, 0.15) is 0 Å². The van der Waals surface area contributed by atoms with Gasteiger partial charge in [-0.1, -0.05) is 0 Å². The molecule has 3 rings (SSSR count). The van der Waals surface area contributed by atoms with Crippen molar-refractivity contribution in [3.63, 3.8) is 0 Å². The molecular formula is C16H20N4O. The first-order valence-electron chi connectivity index (χ1n) is 7.16. The van der Waals surface area contributed by atoms with Gasteiger partial charge in [-0.2, -0.15) is 10.2 Å². The van der Waals surface area contributed by atoms with Crippen molar-refractivity contribution in [1.82, 2.24) is 19.4 Å². The molecule has 0 spiro atoms. The van der Waals surface area contributed by atoms with Crippen molar-refractivity contribution in [1.29, 1.82) is 0 Å². The lowest BCUT2D eigenvalue weighted by atomic mass is 10.1. The van der Waals surface area contributed by atoms with Gasteiger partial charge in [-0.05, 0) is 43.5 Å². The number of ether oxygens (including phenoxy) is 1. The average Bonchev–Trinajstić information content (AvgIpc) is 3.03. The van der Waals surface area contributed by atoms with Gasteiger partial charge >= 0.3 is 0 Å². The van der Waals surface area contributed by atoms with Gasteiger partial charge in [0.25, 0.3) is 0 Å². The van der Waals surface area contributed by atoms with Crippen LogP contribution in [-0.2, 0) is 11.3 Å². The monoisotopic (exact) mass is 284 g/mol. The Bertz CT molecular complexity index is 757. The summed E-state index contributed by atoms with van der Waals surface area (Å²) in [7, 11) is 1.73. The summed E-state index contributed by atoms with van der Waals surface area (Å²) in [6.07, 6.45) is 6.97. The highest BCUT2D eigenvalue weighted by Crippen LogP contribution is 2.24. The highest BCUT2D eigenvalue weighted by molar-refractivity contribution is 5.71. The summed E-state index contributed by atoms with van der Waals surface area (Å²) in [6, 6.07) is 4.26. The summed E-state index contributed by atoms with van der Waals surface area (Å²) in [4.78, 5) is 0. The molecule has 0 saturated heterocycles. The fraction of sp³-hybridized carbons (Fsp3) is 0.375. The van der Waals surface area contributed by atoms with Crippen LogP contribution in [0.25, 0.3) is 16.6 Å². The third-order valence-corrected chi connectivity index (χ3v) is 3.71. The summed E-state index contributed by atoms with van der Waals surface area (Å²) in [5.74, 6) is 0. The first-order valence-corrected chi connectivity index (χ1v) is 7.16. The van der Waals surface area contributed by atoms with Crippen LogP contribution in [0.3, 0.4) is 0 Å². The minimum absolute atomic E-state index is 0.759. The maximum Gasteiger partial charge on any atom is 0.0696 e. The number of nitrogens with zero attached hydrogens (tertiary/aromatic N) is 4. The second-order valence-electron chi connectivity index (χ2n) is 5.31. The smallest absolute Gasteiger partial charge is 0.0696 e. The second-order valence-corrected chi connectivity index (χ2v) is 5.31. The van der Waals surface area contributed by atoms with Crippen LogP contribution >= 0.6 is 0 Å². The molecule has 5 nitrogen and oxygen atoms in total. The molecule has 0 aliphatic heterocycles. The van der Waals surface area contributed by atoms with E-state index in [4.69, 9.17) is 4.74 Å². The molecule has 0 aromatic carbocycles. The standard InChI is InChI=1S/C16H20N4O/c1-12-10-17-20-7-5-14(9-16(12)20)15-11-19(18-13(15)2)6-4-8-21-3/h5,7,9-11H,4,6,8H2,1-3H3. The predicted octanol–water partition coefficient (Wildman–Crippen LogP) is 2.85. The molecule has 3 heterocycles. The third-order valence-electron chi connectivity index (χ3n) is 3.71. The minimum Gasteiger partial charge on any atom is -0.385 e. The summed E-state index contributed by atoms with van der Waals surface area (Å²) < 4.78 is 8.98. The Morgan fingerprint density at radius 1 is 1.29 bits per heavy atom. The SMILES string of the molecule is COCCCn1cc(-c2ccn3ncc(C)c3c2)c(C)n1. The Morgan fingerprint density at radius 2 is 2.14 bits per heavy atom. The van der Waals surface area contributed by atoms with Crippen LogP contribution in [0.1, 0.15) is 17.7 Å². The molecular weight excluding hydrogens is 264 g/mol. The van der Waals surface area contributed by atoms with Crippen LogP contribution in [0.5, 0.6) is 0 Å². The van der Waals surface area contributed by atoms with Crippen LogP contribution in [-0.4, -0.2) is 33.1 Å². The molecule has 0 saturated carbocycles. The van der Waals surface area contributed by atoms with Crippen molar-refractivity contribution in [2.45, 2.75) is 26.8 Å². The molecule has 21 heavy (non-hydrogen) atoms. The summed E-state index contributed by atoms with van der Waals surface area (Å²) in [6.45, 7) is 5.76. The van der Waals surface area contributed by atoms with Gasteiger partial charge in [-0.3, -0.25) is 4.68 Å². The van der Waals surface area contributed by atoms with E-state index in [0.717, 1.165) is 30.8 Å². The molecule has 0 amide bonds. The number of fused-ring (bicyclic) bond motifs is 1. The lowest BCUT2D eigenvalue weighted by Crippen LogP contribution is -2.01. The number of methoxy groups -OCH3 is 1. The molecule has 0 radical (unpaired) electrons. The fourth-order valence-electron chi connectivity index (χ4n) is 2.56. The molecule has 0 unspecified atom stereocenters. The average molecular weight is 284 g/mol. The van der Waals surface area contributed by atoms with E-state index in [1.807, 2.05) is 21.6 Å². The number of aryl methyl sites for hydroxylation is 3. The minimum atomic E-state index is 0.759. The lowest BCUT2D eigenvalue weighted by Gasteiger charge is -2.01. The second kappa shape index (κ2) is 5.69. The van der Waals surface area contributed by atoms with Crippen molar-refractivity contribution in [3.05, 3.63) is 42.0 Å². The van der Waals surface area contributed by atoms with Crippen LogP contribution < -0.4 is 0 Å². The highest BCUT2D eigenvalue weighted by atomic mass is 16.5. The topological polar surface area (TPSA) is 44.4 Å². The van der Waals surface area contributed by atoms with E-state index < -0.39 is 0 Å². The zero-order chi connectivity index (χ0) is 14.8. The third kappa shape index (κ3) is 2.69. The summed E-state index contributed by atoms with van der Waals surface area (Å²) in [5, 5.41) is 8.90. The molecule has 0 aliphatic carbocycles. The number of rotatable bonds is 5. The van der Waals surface area contributed by atoms with Crippen molar-refractivity contribution in [3.8, 4) is 11.1 Å². The maximum atomic E-state index is 5.09. The number of pyridine rings is 1. The molecule has 0 bridgehead atoms. The number of hydrogen-bond acceptors (Lipinski definition) is 3. The first kappa shape index (κ1) is 13.8. The zero-order valence-corrected chi connectivity index (χ0v) is 12.7. The summed E-state index contributed by atoms with van der Waals surface area (Å²) in [5.41, 5.74) is 5.73. The lowest BCUT2D eigenvalue weighted by molar-refractivity contribution is 0.189. The van der Waals surface area contributed by atoms with Crippen LogP contribution in [0, 0.1) is 13.8 Å². The fourth-order valence-corrected chi connectivity index (χ4v) is 2.56. The molecule has 3 aromatic heterocycles. The quantitative estimate of drug-likeness (QED) is 0.677. The van der Waals surface area contributed by atoms with Crippen molar-refractivity contribution >= 4 is 5.52 Å². The largest absolute Gasteiger partial charge is 0.385 e. The molecule has 0 N–H and O–H groups in total. The Labute approximate surface area is 124 Å². The van der Waals surface area contributed by atoms with Crippen LogP contribution in [0.15, 0.2) is 30.7 Å². The molecule has 0 fully saturated rings. The van der Waals surface area contributed by atoms with Crippen LogP contribution in [0.4, 0.5) is 0 Å². The Hall–Kier alpha value is -2.14. The highest BCUT2D eigenvalue weighted by Gasteiger charge is 2.09. The van der Waals surface area contributed by atoms with Gasteiger partial charge in [0.2, 0.25) is 0 Å². The predicted molar refractivity (Wildman–Crippen MR) is 82.4 cm³/mol. The van der Waals surface area contributed by atoms with E-state index in [0.29, 0.717) is 0 Å². The maximum absolute atomic E-state index is 5.09. The molecule has 0 aliphatic rings. The van der Waals surface area contributed by atoms with E-state index in [9.17, 15) is 0 Å². The van der Waals surface area contributed by atoms with E-state index in [1.165, 1.54) is 16.7 Å². The van der Waals surface area contributed by atoms with Gasteiger partial charge in [0, 0.05) is 38.2 Å². The van der Waals surface area contributed by atoms with E-state index in [2.05, 4.69) is 42.4 Å². The molecule has 110 valence electrons. The van der Waals surface area contributed by atoms with Gasteiger partial charge in [0.05, 0.1) is 17.4 Å². The summed E-state index contributed by atoms with van der Waals surface area (Å²) >= 11 is 0. The number of hydrogen-bond donors (Lipinski definition) is 0. The molecule has 3 aromatic rings. The Balaban J connectivity index is 1.92. The Morgan fingerprint density at radius 3 is 2.95 bits per heavy atom. The van der Waals surface area contributed by atoms with Gasteiger partial charge in [0.15, 0.2) is 0 Å². The number of aromatic nitrogens is 4.